The van der Waals surface area contributed by atoms with Gasteiger partial charge >= 0.3 is 0 Å². The van der Waals surface area contributed by atoms with E-state index in [1.54, 1.807) is 11.9 Å². The van der Waals surface area contributed by atoms with Crippen molar-refractivity contribution < 1.29 is 9.59 Å². The molecule has 0 saturated carbocycles. The minimum Gasteiger partial charge on any atom is -0.359 e. The van der Waals surface area contributed by atoms with E-state index in [4.69, 9.17) is 0 Å². The van der Waals surface area contributed by atoms with Crippen molar-refractivity contribution in [2.45, 2.75) is 39.0 Å². The van der Waals surface area contributed by atoms with E-state index in [0.717, 1.165) is 50.1 Å². The minimum absolute atomic E-state index is 0.0532. The van der Waals surface area contributed by atoms with Crippen molar-refractivity contribution in [2.24, 2.45) is 0 Å². The predicted molar refractivity (Wildman–Crippen MR) is 97.4 cm³/mol. The van der Waals surface area contributed by atoms with Crippen molar-refractivity contribution >= 4 is 18.0 Å². The van der Waals surface area contributed by atoms with E-state index in [-0.39, 0.29) is 5.91 Å². The van der Waals surface area contributed by atoms with Crippen LogP contribution in [0.15, 0.2) is 18.2 Å². The number of carbonyl (C=O) groups is 2. The number of anilines is 1. The van der Waals surface area contributed by atoms with Crippen molar-refractivity contribution in [2.75, 3.05) is 38.1 Å². The van der Waals surface area contributed by atoms with Gasteiger partial charge in [-0.1, -0.05) is 19.1 Å². The molecule has 1 saturated heterocycles. The third-order valence-corrected chi connectivity index (χ3v) is 5.12. The average molecular weight is 331 g/mol. The zero-order chi connectivity index (χ0) is 17.5. The summed E-state index contributed by atoms with van der Waals surface area (Å²) < 4.78 is 0. The molecule has 1 aromatic rings. The fraction of sp³-hybridized carbons (Fsp3) is 0.579. The summed E-state index contributed by atoms with van der Waals surface area (Å²) >= 11 is 0. The summed E-state index contributed by atoms with van der Waals surface area (Å²) in [5, 5.41) is 2.60. The third-order valence-electron chi connectivity index (χ3n) is 5.12. The first-order valence-corrected chi connectivity index (χ1v) is 8.85. The average Bonchev–Trinajstić information content (AvgIpc) is 2.63. The van der Waals surface area contributed by atoms with Gasteiger partial charge in [0.15, 0.2) is 0 Å². The molecule has 1 fully saturated rings. The lowest BCUT2D eigenvalue weighted by Gasteiger charge is -2.32. The Labute approximate surface area is 145 Å². The van der Waals surface area contributed by atoms with Crippen LogP contribution in [0.25, 0.3) is 0 Å². The predicted octanol–water partition coefficient (Wildman–Crippen LogP) is 2.29. The first-order valence-electron chi connectivity index (χ1n) is 8.85. The summed E-state index contributed by atoms with van der Waals surface area (Å²) in [7, 11) is 1.61. The number of hydrogen-bond acceptors (Lipinski definition) is 3. The first-order chi connectivity index (χ1) is 11.6. The van der Waals surface area contributed by atoms with Crippen LogP contribution in [0.4, 0.5) is 5.69 Å². The number of rotatable bonds is 7. The van der Waals surface area contributed by atoms with Crippen molar-refractivity contribution in [1.82, 2.24) is 10.2 Å². The second-order valence-electron chi connectivity index (χ2n) is 6.42. The van der Waals surface area contributed by atoms with Gasteiger partial charge < -0.3 is 15.1 Å². The van der Waals surface area contributed by atoms with Gasteiger partial charge in [0.2, 0.25) is 12.3 Å². The zero-order valence-corrected chi connectivity index (χ0v) is 15.0. The molecular formula is C19H29N3O2. The van der Waals surface area contributed by atoms with Gasteiger partial charge in [-0.3, -0.25) is 9.59 Å². The molecule has 0 radical (unpaired) electrons. The van der Waals surface area contributed by atoms with Crippen LogP contribution in [0.1, 0.15) is 43.2 Å². The molecule has 5 nitrogen and oxygen atoms in total. The van der Waals surface area contributed by atoms with E-state index in [9.17, 15) is 9.59 Å². The Hall–Kier alpha value is -1.88. The largest absolute Gasteiger partial charge is 0.359 e. The molecule has 1 aliphatic rings. The fourth-order valence-electron chi connectivity index (χ4n) is 3.53. The van der Waals surface area contributed by atoms with E-state index >= 15 is 0 Å². The van der Waals surface area contributed by atoms with Crippen molar-refractivity contribution in [3.05, 3.63) is 29.3 Å². The molecule has 132 valence electrons. The van der Waals surface area contributed by atoms with Crippen molar-refractivity contribution in [1.29, 1.82) is 0 Å². The van der Waals surface area contributed by atoms with E-state index in [2.05, 4.69) is 30.1 Å². The molecule has 24 heavy (non-hydrogen) atoms. The minimum atomic E-state index is -0.0532. The molecule has 1 N–H and O–H groups in total. The van der Waals surface area contributed by atoms with Gasteiger partial charge in [-0.25, -0.2) is 0 Å². The second-order valence-corrected chi connectivity index (χ2v) is 6.42. The Morgan fingerprint density at radius 3 is 2.67 bits per heavy atom. The molecular weight excluding hydrogens is 302 g/mol. The molecule has 1 heterocycles. The van der Waals surface area contributed by atoms with Crippen LogP contribution in [-0.4, -0.2) is 50.4 Å². The van der Waals surface area contributed by atoms with Gasteiger partial charge in [-0.05, 0) is 62.5 Å². The Morgan fingerprint density at radius 2 is 2.08 bits per heavy atom. The smallest absolute Gasteiger partial charge is 0.221 e. The lowest BCUT2D eigenvalue weighted by atomic mass is 9.86. The quantitative estimate of drug-likeness (QED) is 0.780. The molecule has 1 aromatic carbocycles. The highest BCUT2D eigenvalue weighted by atomic mass is 16.2. The monoisotopic (exact) mass is 331 g/mol. The van der Waals surface area contributed by atoms with E-state index in [1.807, 2.05) is 12.1 Å². The molecule has 0 spiro atoms. The van der Waals surface area contributed by atoms with Crippen LogP contribution in [0.3, 0.4) is 0 Å². The number of piperidine rings is 1. The lowest BCUT2D eigenvalue weighted by molar-refractivity contribution is -0.120. The number of amides is 2. The van der Waals surface area contributed by atoms with Gasteiger partial charge in [0, 0.05) is 25.7 Å². The summed E-state index contributed by atoms with van der Waals surface area (Å²) in [5.41, 5.74) is 3.43. The topological polar surface area (TPSA) is 52.7 Å². The van der Waals surface area contributed by atoms with Crippen LogP contribution in [0, 0.1) is 6.92 Å². The molecule has 1 aliphatic heterocycles. The number of nitrogens with zero attached hydrogens (tertiary/aromatic N) is 2. The number of nitrogens with one attached hydrogen (secondary N) is 1. The molecule has 2 rings (SSSR count). The molecule has 0 bridgehead atoms. The zero-order valence-electron chi connectivity index (χ0n) is 15.0. The second kappa shape index (κ2) is 8.83. The SMILES string of the molecule is CCN1CCC(c2cccc(N(C=O)CCC(=O)NC)c2C)CC1. The molecule has 0 atom stereocenters. The Bertz CT molecular complexity index is 566. The highest BCUT2D eigenvalue weighted by molar-refractivity contribution is 5.81. The first kappa shape index (κ1) is 18.5. The van der Waals surface area contributed by atoms with Crippen molar-refractivity contribution in [3.8, 4) is 0 Å². The number of likely N-dealkylation sites (tertiary alicyclic amines) is 1. The van der Waals surface area contributed by atoms with Gasteiger partial charge in [0.25, 0.3) is 0 Å². The van der Waals surface area contributed by atoms with Gasteiger partial charge in [-0.15, -0.1) is 0 Å². The summed E-state index contributed by atoms with van der Waals surface area (Å²) in [6.45, 7) is 8.09. The molecule has 0 unspecified atom stereocenters. The van der Waals surface area contributed by atoms with Crippen LogP contribution >= 0.6 is 0 Å². The van der Waals surface area contributed by atoms with Crippen LogP contribution < -0.4 is 10.2 Å². The summed E-state index contributed by atoms with van der Waals surface area (Å²) in [6, 6.07) is 6.19. The molecule has 2 amide bonds. The summed E-state index contributed by atoms with van der Waals surface area (Å²) in [6.07, 6.45) is 3.47. The number of benzene rings is 1. The van der Waals surface area contributed by atoms with Gasteiger partial charge in [0.1, 0.15) is 0 Å². The van der Waals surface area contributed by atoms with Crippen LogP contribution in [0.2, 0.25) is 0 Å². The maximum Gasteiger partial charge on any atom is 0.221 e. The highest BCUT2D eigenvalue weighted by Crippen LogP contribution is 2.34. The van der Waals surface area contributed by atoms with E-state index in [1.165, 1.54) is 5.56 Å². The van der Waals surface area contributed by atoms with E-state index in [0.29, 0.717) is 18.9 Å². The highest BCUT2D eigenvalue weighted by Gasteiger charge is 2.22. The molecule has 5 heteroatoms. The maximum absolute atomic E-state index is 11.5. The maximum atomic E-state index is 11.5. The third kappa shape index (κ3) is 4.35. The van der Waals surface area contributed by atoms with Crippen LogP contribution in [0.5, 0.6) is 0 Å². The van der Waals surface area contributed by atoms with Gasteiger partial charge in [-0.2, -0.15) is 0 Å². The summed E-state index contributed by atoms with van der Waals surface area (Å²) in [5.74, 6) is 0.503. The molecule has 0 aromatic heterocycles. The standard InChI is InChI=1S/C19H29N3O2/c1-4-21-11-8-16(9-12-21)17-6-5-7-18(15(17)2)22(14-23)13-10-19(24)20-3/h5-7,14,16H,4,8-13H2,1-3H3,(H,20,24). The Morgan fingerprint density at radius 1 is 1.38 bits per heavy atom. The van der Waals surface area contributed by atoms with Crippen molar-refractivity contribution in [3.63, 3.8) is 0 Å². The number of carbonyl (C=O) groups excluding carboxylic acids is 2. The number of hydrogen-bond donors (Lipinski definition) is 1. The Balaban J connectivity index is 2.14. The van der Waals surface area contributed by atoms with Crippen LogP contribution in [-0.2, 0) is 9.59 Å². The molecule has 0 aliphatic carbocycles. The Kier molecular flexibility index (Phi) is 6.79. The fourth-order valence-corrected chi connectivity index (χ4v) is 3.53. The van der Waals surface area contributed by atoms with E-state index < -0.39 is 0 Å². The summed E-state index contributed by atoms with van der Waals surface area (Å²) in [4.78, 5) is 27.1. The normalized spacial score (nSPS) is 16.0. The van der Waals surface area contributed by atoms with Gasteiger partial charge in [0.05, 0.1) is 0 Å². The lowest BCUT2D eigenvalue weighted by Crippen LogP contribution is -2.33.